The number of carbonyl (C=O) groups excluding carboxylic acids is 1. The van der Waals surface area contributed by atoms with Crippen molar-refractivity contribution in [1.82, 2.24) is 15.3 Å². The number of amides is 1. The molecule has 21 heavy (non-hydrogen) atoms. The van der Waals surface area contributed by atoms with Gasteiger partial charge in [-0.1, -0.05) is 18.5 Å². The molecule has 2 rings (SSSR count). The molecule has 0 fully saturated rings. The van der Waals surface area contributed by atoms with Gasteiger partial charge < -0.3 is 15.0 Å². The second-order valence-corrected chi connectivity index (χ2v) is 5.11. The Morgan fingerprint density at radius 2 is 2.33 bits per heavy atom. The molecule has 0 bridgehead atoms. The number of rotatable bonds is 6. The maximum Gasteiger partial charge on any atom is 0.258 e. The van der Waals surface area contributed by atoms with E-state index in [9.17, 15) is 4.79 Å². The van der Waals surface area contributed by atoms with Crippen molar-refractivity contribution < 1.29 is 9.53 Å². The van der Waals surface area contributed by atoms with Gasteiger partial charge in [-0.3, -0.25) is 4.79 Å². The summed E-state index contributed by atoms with van der Waals surface area (Å²) in [4.78, 5) is 19.1. The molecule has 5 nitrogen and oxygen atoms in total. The minimum absolute atomic E-state index is 0.0434. The highest BCUT2D eigenvalue weighted by Crippen LogP contribution is 2.21. The van der Waals surface area contributed by atoms with Gasteiger partial charge in [0, 0.05) is 17.4 Å². The van der Waals surface area contributed by atoms with Crippen molar-refractivity contribution in [2.45, 2.75) is 26.3 Å². The van der Waals surface area contributed by atoms with Gasteiger partial charge in [0.2, 0.25) is 0 Å². The number of hydrogen-bond donors (Lipinski definition) is 2. The molecule has 2 aromatic rings. The zero-order valence-corrected chi connectivity index (χ0v) is 12.8. The van der Waals surface area contributed by atoms with Gasteiger partial charge in [-0.15, -0.1) is 0 Å². The second-order valence-electron chi connectivity index (χ2n) is 4.70. The molecule has 1 aromatic carbocycles. The Balaban J connectivity index is 1.88. The molecule has 0 saturated carbocycles. The summed E-state index contributed by atoms with van der Waals surface area (Å²) >= 11 is 5.94. The van der Waals surface area contributed by atoms with Crippen molar-refractivity contribution in [2.75, 3.05) is 6.61 Å². The summed E-state index contributed by atoms with van der Waals surface area (Å²) in [5, 5.41) is 3.56. The number of hydrogen-bond acceptors (Lipinski definition) is 3. The summed E-state index contributed by atoms with van der Waals surface area (Å²) in [6.45, 7) is 3.83. The highest BCUT2D eigenvalue weighted by Gasteiger charge is 2.15. The fourth-order valence-corrected chi connectivity index (χ4v) is 2.04. The topological polar surface area (TPSA) is 67.0 Å². The van der Waals surface area contributed by atoms with Crippen LogP contribution in [-0.2, 0) is 4.79 Å². The molecule has 1 amide bonds. The zero-order valence-electron chi connectivity index (χ0n) is 12.0. The van der Waals surface area contributed by atoms with Crippen LogP contribution in [0.15, 0.2) is 30.6 Å². The van der Waals surface area contributed by atoms with Gasteiger partial charge in [0.15, 0.2) is 6.61 Å². The van der Waals surface area contributed by atoms with E-state index in [1.54, 1.807) is 30.6 Å². The summed E-state index contributed by atoms with van der Waals surface area (Å²) in [7, 11) is 0. The van der Waals surface area contributed by atoms with Crippen LogP contribution >= 0.6 is 11.6 Å². The number of aromatic nitrogens is 2. The number of H-pyrrole nitrogens is 1. The van der Waals surface area contributed by atoms with E-state index in [1.807, 2.05) is 13.8 Å². The van der Waals surface area contributed by atoms with Crippen molar-refractivity contribution in [3.05, 3.63) is 47.0 Å². The van der Waals surface area contributed by atoms with Gasteiger partial charge in [0.25, 0.3) is 5.91 Å². The van der Waals surface area contributed by atoms with Crippen LogP contribution < -0.4 is 10.1 Å². The number of aryl methyl sites for hydroxylation is 1. The highest BCUT2D eigenvalue weighted by atomic mass is 35.5. The molecule has 0 saturated heterocycles. The van der Waals surface area contributed by atoms with Crippen LogP contribution in [0.4, 0.5) is 0 Å². The van der Waals surface area contributed by atoms with Crippen molar-refractivity contribution >= 4 is 17.5 Å². The molecule has 0 radical (unpaired) electrons. The number of nitrogens with zero attached hydrogens (tertiary/aromatic N) is 1. The Labute approximate surface area is 128 Å². The molecule has 1 heterocycles. The first kappa shape index (κ1) is 15.4. The van der Waals surface area contributed by atoms with E-state index in [1.165, 1.54) is 0 Å². The Morgan fingerprint density at radius 1 is 1.52 bits per heavy atom. The van der Waals surface area contributed by atoms with Gasteiger partial charge in [-0.05, 0) is 37.1 Å². The number of ether oxygens (including phenoxy) is 1. The molecule has 0 aliphatic heterocycles. The van der Waals surface area contributed by atoms with Crippen LogP contribution in [0, 0.1) is 6.92 Å². The molecule has 1 aromatic heterocycles. The van der Waals surface area contributed by atoms with E-state index in [2.05, 4.69) is 15.3 Å². The Morgan fingerprint density at radius 3 is 2.95 bits per heavy atom. The molecule has 0 spiro atoms. The third kappa shape index (κ3) is 4.23. The highest BCUT2D eigenvalue weighted by molar-refractivity contribution is 6.31. The van der Waals surface area contributed by atoms with E-state index in [0.717, 1.165) is 17.8 Å². The SMILES string of the molecule is CCC(NC(=O)COc1ccc(Cl)c(C)c1)c1ncc[nH]1. The Bertz CT molecular complexity index is 599. The predicted octanol–water partition coefficient (Wildman–Crippen LogP) is 3.02. The van der Waals surface area contributed by atoms with Gasteiger partial charge in [0.1, 0.15) is 11.6 Å². The molecule has 1 unspecified atom stereocenters. The van der Waals surface area contributed by atoms with E-state index in [0.29, 0.717) is 10.8 Å². The van der Waals surface area contributed by atoms with E-state index < -0.39 is 0 Å². The van der Waals surface area contributed by atoms with Crippen LogP contribution in [0.3, 0.4) is 0 Å². The van der Waals surface area contributed by atoms with Crippen molar-refractivity contribution in [2.24, 2.45) is 0 Å². The number of aromatic amines is 1. The minimum atomic E-state index is -0.189. The molecule has 0 aliphatic carbocycles. The number of benzene rings is 1. The monoisotopic (exact) mass is 307 g/mol. The Hall–Kier alpha value is -2.01. The van der Waals surface area contributed by atoms with Crippen LogP contribution in [0.2, 0.25) is 5.02 Å². The summed E-state index contributed by atoms with van der Waals surface area (Å²) in [5.41, 5.74) is 0.914. The van der Waals surface area contributed by atoms with Crippen LogP contribution in [0.1, 0.15) is 30.8 Å². The second kappa shape index (κ2) is 7.13. The van der Waals surface area contributed by atoms with Crippen molar-refractivity contribution in [1.29, 1.82) is 0 Å². The lowest BCUT2D eigenvalue weighted by atomic mass is 10.2. The Kier molecular flexibility index (Phi) is 5.22. The first-order valence-electron chi connectivity index (χ1n) is 6.77. The third-order valence-electron chi connectivity index (χ3n) is 3.09. The standard InChI is InChI=1S/C15H18ClN3O2/c1-3-13(15-17-6-7-18-15)19-14(20)9-21-11-4-5-12(16)10(2)8-11/h4-8,13H,3,9H2,1-2H3,(H,17,18)(H,19,20). The van der Waals surface area contributed by atoms with E-state index >= 15 is 0 Å². The average Bonchev–Trinajstić information content (AvgIpc) is 3.00. The summed E-state index contributed by atoms with van der Waals surface area (Å²) in [6.07, 6.45) is 4.15. The number of carbonyl (C=O) groups is 1. The van der Waals surface area contributed by atoms with E-state index in [-0.39, 0.29) is 18.6 Å². The van der Waals surface area contributed by atoms with Gasteiger partial charge >= 0.3 is 0 Å². The molecule has 112 valence electrons. The molecule has 6 heteroatoms. The third-order valence-corrected chi connectivity index (χ3v) is 3.52. The van der Waals surface area contributed by atoms with Gasteiger partial charge in [-0.2, -0.15) is 0 Å². The lowest BCUT2D eigenvalue weighted by Gasteiger charge is -2.15. The normalized spacial score (nSPS) is 12.0. The van der Waals surface area contributed by atoms with Crippen LogP contribution in [-0.4, -0.2) is 22.5 Å². The fraction of sp³-hybridized carbons (Fsp3) is 0.333. The van der Waals surface area contributed by atoms with Crippen LogP contribution in [0.5, 0.6) is 5.75 Å². The van der Waals surface area contributed by atoms with Crippen LogP contribution in [0.25, 0.3) is 0 Å². The minimum Gasteiger partial charge on any atom is -0.484 e. The summed E-state index contributed by atoms with van der Waals surface area (Å²) in [5.74, 6) is 1.18. The maximum absolute atomic E-state index is 11.9. The maximum atomic E-state index is 11.9. The largest absolute Gasteiger partial charge is 0.484 e. The summed E-state index contributed by atoms with van der Waals surface area (Å²) in [6, 6.07) is 5.16. The molecular weight excluding hydrogens is 290 g/mol. The van der Waals surface area contributed by atoms with Gasteiger partial charge in [-0.25, -0.2) is 4.98 Å². The lowest BCUT2D eigenvalue weighted by Crippen LogP contribution is -2.32. The quantitative estimate of drug-likeness (QED) is 0.862. The zero-order chi connectivity index (χ0) is 15.2. The first-order chi connectivity index (χ1) is 10.1. The summed E-state index contributed by atoms with van der Waals surface area (Å²) < 4.78 is 5.47. The molecule has 0 aliphatic rings. The van der Waals surface area contributed by atoms with Crippen molar-refractivity contribution in [3.8, 4) is 5.75 Å². The van der Waals surface area contributed by atoms with Crippen molar-refractivity contribution in [3.63, 3.8) is 0 Å². The average molecular weight is 308 g/mol. The van der Waals surface area contributed by atoms with E-state index in [4.69, 9.17) is 16.3 Å². The molecular formula is C15H18ClN3O2. The fourth-order valence-electron chi connectivity index (χ4n) is 1.92. The number of halogens is 1. The smallest absolute Gasteiger partial charge is 0.258 e. The predicted molar refractivity (Wildman–Crippen MR) is 81.4 cm³/mol. The first-order valence-corrected chi connectivity index (χ1v) is 7.15. The molecule has 1 atom stereocenters. The van der Waals surface area contributed by atoms with Gasteiger partial charge in [0.05, 0.1) is 6.04 Å². The number of imidazole rings is 1. The number of nitrogens with one attached hydrogen (secondary N) is 2. The molecule has 2 N–H and O–H groups in total. The lowest BCUT2D eigenvalue weighted by molar-refractivity contribution is -0.123.